The first-order valence-corrected chi connectivity index (χ1v) is 11.4. The number of para-hydroxylation sites is 1. The highest BCUT2D eigenvalue weighted by Gasteiger charge is 2.21. The van der Waals surface area contributed by atoms with Gasteiger partial charge in [-0.05, 0) is 36.2 Å². The molecule has 0 saturated carbocycles. The van der Waals surface area contributed by atoms with Crippen LogP contribution >= 0.6 is 0 Å². The number of nitrogens with one attached hydrogen (secondary N) is 1. The molecule has 0 spiro atoms. The number of aryl methyl sites for hydroxylation is 1. The van der Waals surface area contributed by atoms with Crippen molar-refractivity contribution in [2.45, 2.75) is 31.6 Å². The molecule has 0 saturated heterocycles. The number of hydrogen-bond acceptors (Lipinski definition) is 4. The highest BCUT2D eigenvalue weighted by atomic mass is 32.2. The SMILES string of the molecule is CCN(CC)S(=O)(=O)c1ccc(CCC(=O)Nc2ccn(-c3ccccc3)n2)cc1. The van der Waals surface area contributed by atoms with Crippen molar-refractivity contribution in [2.24, 2.45) is 0 Å². The van der Waals surface area contributed by atoms with Gasteiger partial charge in [-0.2, -0.15) is 9.40 Å². The maximum Gasteiger partial charge on any atom is 0.243 e. The third-order valence-electron chi connectivity index (χ3n) is 4.78. The Kier molecular flexibility index (Phi) is 7.02. The lowest BCUT2D eigenvalue weighted by molar-refractivity contribution is -0.116. The molecule has 0 aliphatic heterocycles. The Morgan fingerprint density at radius 2 is 1.67 bits per heavy atom. The highest BCUT2D eigenvalue weighted by Crippen LogP contribution is 2.17. The Morgan fingerprint density at radius 1 is 1.00 bits per heavy atom. The van der Waals surface area contributed by atoms with Gasteiger partial charge in [-0.25, -0.2) is 13.1 Å². The lowest BCUT2D eigenvalue weighted by atomic mass is 10.1. The summed E-state index contributed by atoms with van der Waals surface area (Å²) in [5, 5.41) is 7.15. The van der Waals surface area contributed by atoms with Gasteiger partial charge >= 0.3 is 0 Å². The zero-order chi connectivity index (χ0) is 21.6. The van der Waals surface area contributed by atoms with Crippen LogP contribution in [0, 0.1) is 0 Å². The van der Waals surface area contributed by atoms with Gasteiger partial charge in [0.25, 0.3) is 0 Å². The van der Waals surface area contributed by atoms with Crippen molar-refractivity contribution in [1.82, 2.24) is 14.1 Å². The van der Waals surface area contributed by atoms with Crippen molar-refractivity contribution in [3.63, 3.8) is 0 Å². The molecule has 158 valence electrons. The third-order valence-corrected chi connectivity index (χ3v) is 6.85. The maximum absolute atomic E-state index is 12.5. The molecule has 3 aromatic rings. The monoisotopic (exact) mass is 426 g/mol. The predicted molar refractivity (Wildman–Crippen MR) is 117 cm³/mol. The van der Waals surface area contributed by atoms with E-state index in [1.165, 1.54) is 4.31 Å². The van der Waals surface area contributed by atoms with Crippen LogP contribution in [0.15, 0.2) is 71.8 Å². The van der Waals surface area contributed by atoms with Crippen molar-refractivity contribution in [1.29, 1.82) is 0 Å². The van der Waals surface area contributed by atoms with Crippen LogP contribution in [0.5, 0.6) is 0 Å². The molecule has 30 heavy (non-hydrogen) atoms. The van der Waals surface area contributed by atoms with E-state index in [1.54, 1.807) is 41.2 Å². The van der Waals surface area contributed by atoms with Crippen molar-refractivity contribution in [3.8, 4) is 5.69 Å². The molecule has 0 atom stereocenters. The summed E-state index contributed by atoms with van der Waals surface area (Å²) in [5.41, 5.74) is 1.82. The van der Waals surface area contributed by atoms with E-state index in [-0.39, 0.29) is 17.2 Å². The summed E-state index contributed by atoms with van der Waals surface area (Å²) in [4.78, 5) is 12.5. The second kappa shape index (κ2) is 9.69. The summed E-state index contributed by atoms with van der Waals surface area (Å²) in [5.74, 6) is 0.345. The summed E-state index contributed by atoms with van der Waals surface area (Å²) >= 11 is 0. The van der Waals surface area contributed by atoms with Crippen LogP contribution in [0.3, 0.4) is 0 Å². The van der Waals surface area contributed by atoms with E-state index in [4.69, 9.17) is 0 Å². The second-order valence-electron chi connectivity index (χ2n) is 6.76. The van der Waals surface area contributed by atoms with Crippen LogP contribution in [-0.4, -0.2) is 41.5 Å². The maximum atomic E-state index is 12.5. The van der Waals surface area contributed by atoms with E-state index < -0.39 is 10.0 Å². The molecule has 1 amide bonds. The van der Waals surface area contributed by atoms with Gasteiger partial charge in [0.05, 0.1) is 10.6 Å². The number of carbonyl (C=O) groups excluding carboxylic acids is 1. The van der Waals surface area contributed by atoms with Crippen LogP contribution in [0.1, 0.15) is 25.8 Å². The molecule has 0 unspecified atom stereocenters. The first kappa shape index (κ1) is 21.7. The molecule has 7 nitrogen and oxygen atoms in total. The van der Waals surface area contributed by atoms with Gasteiger partial charge in [0, 0.05) is 31.8 Å². The fourth-order valence-corrected chi connectivity index (χ4v) is 4.58. The quantitative estimate of drug-likeness (QED) is 0.568. The van der Waals surface area contributed by atoms with Gasteiger partial charge in [-0.1, -0.05) is 44.2 Å². The first-order valence-electron chi connectivity index (χ1n) is 9.94. The smallest absolute Gasteiger partial charge is 0.243 e. The summed E-state index contributed by atoms with van der Waals surface area (Å²) in [7, 11) is -3.47. The fraction of sp³-hybridized carbons (Fsp3) is 0.273. The standard InChI is InChI=1S/C22H26N4O3S/c1-3-25(4-2)30(28,29)20-13-10-18(11-14-20)12-15-22(27)23-21-16-17-26(24-21)19-8-6-5-7-9-19/h5-11,13-14,16-17H,3-4,12,15H2,1-2H3,(H,23,24,27). The summed E-state index contributed by atoms with van der Waals surface area (Å²) in [6, 6.07) is 18.1. The molecule has 8 heteroatoms. The molecular weight excluding hydrogens is 400 g/mol. The minimum absolute atomic E-state index is 0.145. The van der Waals surface area contributed by atoms with Crippen LogP contribution < -0.4 is 5.32 Å². The molecule has 3 rings (SSSR count). The minimum atomic E-state index is -3.47. The molecule has 0 aliphatic carbocycles. The van der Waals surface area contributed by atoms with Crippen molar-refractivity contribution in [2.75, 3.05) is 18.4 Å². The molecule has 0 radical (unpaired) electrons. The number of anilines is 1. The molecule has 1 N–H and O–H groups in total. The summed E-state index contributed by atoms with van der Waals surface area (Å²) in [6.45, 7) is 4.50. The van der Waals surface area contributed by atoms with Crippen LogP contribution in [0.25, 0.3) is 5.69 Å². The van der Waals surface area contributed by atoms with E-state index in [9.17, 15) is 13.2 Å². The van der Waals surface area contributed by atoms with E-state index >= 15 is 0 Å². The average molecular weight is 427 g/mol. The van der Waals surface area contributed by atoms with Crippen molar-refractivity contribution >= 4 is 21.7 Å². The number of aromatic nitrogens is 2. The predicted octanol–water partition coefficient (Wildman–Crippen LogP) is 3.47. The summed E-state index contributed by atoms with van der Waals surface area (Å²) < 4.78 is 28.2. The largest absolute Gasteiger partial charge is 0.309 e. The summed E-state index contributed by atoms with van der Waals surface area (Å²) in [6.07, 6.45) is 2.58. The highest BCUT2D eigenvalue weighted by molar-refractivity contribution is 7.89. The lowest BCUT2D eigenvalue weighted by Crippen LogP contribution is -2.30. The Labute approximate surface area is 177 Å². The molecule has 1 aromatic heterocycles. The minimum Gasteiger partial charge on any atom is -0.309 e. The molecular formula is C22H26N4O3S. The van der Waals surface area contributed by atoms with E-state index in [0.29, 0.717) is 25.3 Å². The fourth-order valence-electron chi connectivity index (χ4n) is 3.12. The van der Waals surface area contributed by atoms with Gasteiger partial charge in [0.2, 0.25) is 15.9 Å². The van der Waals surface area contributed by atoms with Crippen LogP contribution in [0.4, 0.5) is 5.82 Å². The number of benzene rings is 2. The molecule has 1 heterocycles. The zero-order valence-electron chi connectivity index (χ0n) is 17.2. The molecule has 0 aliphatic rings. The van der Waals surface area contributed by atoms with Gasteiger partial charge in [0.1, 0.15) is 0 Å². The Balaban J connectivity index is 1.56. The number of sulfonamides is 1. The van der Waals surface area contributed by atoms with Gasteiger partial charge in [0.15, 0.2) is 5.82 Å². The van der Waals surface area contributed by atoms with Gasteiger partial charge in [-0.3, -0.25) is 4.79 Å². The zero-order valence-corrected chi connectivity index (χ0v) is 18.0. The Morgan fingerprint density at radius 3 is 2.30 bits per heavy atom. The Bertz CT molecular complexity index is 1070. The second-order valence-corrected chi connectivity index (χ2v) is 8.70. The van der Waals surface area contributed by atoms with E-state index in [2.05, 4.69) is 10.4 Å². The number of carbonyl (C=O) groups is 1. The lowest BCUT2D eigenvalue weighted by Gasteiger charge is -2.18. The molecule has 2 aromatic carbocycles. The van der Waals surface area contributed by atoms with E-state index in [1.807, 2.05) is 44.2 Å². The number of amides is 1. The van der Waals surface area contributed by atoms with Crippen LogP contribution in [-0.2, 0) is 21.2 Å². The normalized spacial score (nSPS) is 11.6. The number of hydrogen-bond donors (Lipinski definition) is 1. The van der Waals surface area contributed by atoms with Gasteiger partial charge < -0.3 is 5.32 Å². The average Bonchev–Trinajstić information content (AvgIpc) is 3.22. The number of nitrogens with zero attached hydrogens (tertiary/aromatic N) is 3. The van der Waals surface area contributed by atoms with Crippen molar-refractivity contribution < 1.29 is 13.2 Å². The third kappa shape index (κ3) is 5.14. The van der Waals surface area contributed by atoms with E-state index in [0.717, 1.165) is 11.3 Å². The molecule has 0 bridgehead atoms. The first-order chi connectivity index (χ1) is 14.4. The molecule has 0 fully saturated rings. The van der Waals surface area contributed by atoms with Crippen molar-refractivity contribution in [3.05, 3.63) is 72.4 Å². The Hall–Kier alpha value is -2.97. The van der Waals surface area contributed by atoms with Crippen LogP contribution in [0.2, 0.25) is 0 Å². The topological polar surface area (TPSA) is 84.3 Å². The van der Waals surface area contributed by atoms with Gasteiger partial charge in [-0.15, -0.1) is 0 Å². The number of rotatable bonds is 9.